The van der Waals surface area contributed by atoms with E-state index in [1.165, 1.54) is 12.0 Å². The average molecular weight is 435 g/mol. The molecule has 0 aliphatic carbocycles. The zero-order valence-electron chi connectivity index (χ0n) is 17.8. The second-order valence-corrected chi connectivity index (χ2v) is 7.03. The number of hydrogen-bond acceptors (Lipinski definition) is 7. The maximum Gasteiger partial charge on any atom is 0.340 e. The van der Waals surface area contributed by atoms with Crippen molar-refractivity contribution in [1.82, 2.24) is 0 Å². The maximum absolute atomic E-state index is 13.4. The van der Waals surface area contributed by atoms with E-state index in [0.29, 0.717) is 34.0 Å². The van der Waals surface area contributed by atoms with Gasteiger partial charge in [-0.3, -0.25) is 9.69 Å². The Balaban J connectivity index is 1.72. The molecule has 2 aromatic rings. The number of benzene rings is 2. The number of fused-ring (bicyclic) bond motifs is 1. The zero-order chi connectivity index (χ0) is 22.8. The largest absolute Gasteiger partial charge is 0.465 e. The van der Waals surface area contributed by atoms with E-state index in [0.717, 1.165) is 0 Å². The fourth-order valence-electron chi connectivity index (χ4n) is 3.62. The SMILES string of the molecule is CCOC(=O)c1ccc(N2C(=O)/C(=C\c3ccc4c(c3)OCO4)C(C(=O)OC)=C2C)cc1. The van der Waals surface area contributed by atoms with E-state index in [2.05, 4.69) is 0 Å². The summed E-state index contributed by atoms with van der Waals surface area (Å²) >= 11 is 0. The van der Waals surface area contributed by atoms with Gasteiger partial charge in [-0.25, -0.2) is 9.59 Å². The van der Waals surface area contributed by atoms with Gasteiger partial charge >= 0.3 is 11.9 Å². The molecule has 2 heterocycles. The molecule has 0 aromatic heterocycles. The van der Waals surface area contributed by atoms with Crippen LogP contribution in [0, 0.1) is 0 Å². The number of ether oxygens (including phenoxy) is 4. The lowest BCUT2D eigenvalue weighted by Crippen LogP contribution is -2.24. The summed E-state index contributed by atoms with van der Waals surface area (Å²) in [6.07, 6.45) is 1.62. The Hall–Kier alpha value is -4.07. The maximum atomic E-state index is 13.4. The lowest BCUT2D eigenvalue weighted by atomic mass is 10.0. The highest BCUT2D eigenvalue weighted by Gasteiger charge is 2.38. The van der Waals surface area contributed by atoms with E-state index in [4.69, 9.17) is 18.9 Å². The van der Waals surface area contributed by atoms with Crippen LogP contribution in [0.15, 0.2) is 59.3 Å². The summed E-state index contributed by atoms with van der Waals surface area (Å²) in [6.45, 7) is 3.80. The summed E-state index contributed by atoms with van der Waals surface area (Å²) in [6, 6.07) is 11.7. The summed E-state index contributed by atoms with van der Waals surface area (Å²) < 4.78 is 20.6. The minimum Gasteiger partial charge on any atom is -0.465 e. The summed E-state index contributed by atoms with van der Waals surface area (Å²) in [7, 11) is 1.27. The number of amides is 1. The fraction of sp³-hybridized carbons (Fsp3) is 0.208. The third-order valence-corrected chi connectivity index (χ3v) is 5.13. The molecule has 0 saturated heterocycles. The Morgan fingerprint density at radius 2 is 1.78 bits per heavy atom. The smallest absolute Gasteiger partial charge is 0.340 e. The fourth-order valence-corrected chi connectivity index (χ4v) is 3.62. The minimum absolute atomic E-state index is 0.135. The van der Waals surface area contributed by atoms with Crippen molar-refractivity contribution in [2.24, 2.45) is 0 Å². The molecule has 2 aliphatic rings. The summed E-state index contributed by atoms with van der Waals surface area (Å²) in [5, 5.41) is 0. The first-order valence-electron chi connectivity index (χ1n) is 9.97. The van der Waals surface area contributed by atoms with Crippen LogP contribution in [0.25, 0.3) is 6.08 Å². The third-order valence-electron chi connectivity index (χ3n) is 5.13. The molecule has 0 spiro atoms. The van der Waals surface area contributed by atoms with Crippen molar-refractivity contribution in [3.8, 4) is 11.5 Å². The van der Waals surface area contributed by atoms with E-state index in [9.17, 15) is 14.4 Å². The summed E-state index contributed by atoms with van der Waals surface area (Å²) in [5.41, 5.74) is 2.35. The highest BCUT2D eigenvalue weighted by molar-refractivity contribution is 6.23. The summed E-state index contributed by atoms with van der Waals surface area (Å²) in [4.78, 5) is 39.2. The molecule has 164 valence electrons. The van der Waals surface area contributed by atoms with Crippen molar-refractivity contribution in [3.63, 3.8) is 0 Å². The van der Waals surface area contributed by atoms with Crippen molar-refractivity contribution < 1.29 is 33.3 Å². The molecule has 2 aromatic carbocycles. The van der Waals surface area contributed by atoms with Gasteiger partial charge in [-0.1, -0.05) is 6.07 Å². The van der Waals surface area contributed by atoms with Crippen molar-refractivity contribution in [2.75, 3.05) is 25.4 Å². The van der Waals surface area contributed by atoms with Gasteiger partial charge in [-0.2, -0.15) is 0 Å². The zero-order valence-corrected chi connectivity index (χ0v) is 17.8. The van der Waals surface area contributed by atoms with Gasteiger partial charge in [0, 0.05) is 11.4 Å². The van der Waals surface area contributed by atoms with Crippen molar-refractivity contribution in [2.45, 2.75) is 13.8 Å². The van der Waals surface area contributed by atoms with Gasteiger partial charge in [0.15, 0.2) is 11.5 Å². The van der Waals surface area contributed by atoms with E-state index < -0.39 is 11.9 Å². The van der Waals surface area contributed by atoms with Crippen LogP contribution >= 0.6 is 0 Å². The molecule has 32 heavy (non-hydrogen) atoms. The van der Waals surface area contributed by atoms with Crippen LogP contribution in [0.3, 0.4) is 0 Å². The first-order valence-corrected chi connectivity index (χ1v) is 9.97. The Bertz CT molecular complexity index is 1160. The van der Waals surface area contributed by atoms with Gasteiger partial charge < -0.3 is 18.9 Å². The number of allylic oxidation sites excluding steroid dienone is 1. The molecule has 0 saturated carbocycles. The molecule has 4 rings (SSSR count). The van der Waals surface area contributed by atoms with Crippen molar-refractivity contribution >= 4 is 29.6 Å². The van der Waals surface area contributed by atoms with Gasteiger partial charge in [0.25, 0.3) is 5.91 Å². The molecule has 0 bridgehead atoms. The van der Waals surface area contributed by atoms with Gasteiger partial charge in [-0.15, -0.1) is 0 Å². The molecule has 2 aliphatic heterocycles. The third kappa shape index (κ3) is 3.71. The predicted molar refractivity (Wildman–Crippen MR) is 115 cm³/mol. The predicted octanol–water partition coefficient (Wildman–Crippen LogP) is 3.47. The van der Waals surface area contributed by atoms with E-state index in [1.54, 1.807) is 62.4 Å². The number of esters is 2. The van der Waals surface area contributed by atoms with Crippen LogP contribution in [0.5, 0.6) is 11.5 Å². The molecule has 8 nitrogen and oxygen atoms in total. The van der Waals surface area contributed by atoms with Crippen LogP contribution in [0.4, 0.5) is 5.69 Å². The van der Waals surface area contributed by atoms with Crippen LogP contribution in [-0.2, 0) is 19.1 Å². The number of hydrogen-bond donors (Lipinski definition) is 0. The lowest BCUT2D eigenvalue weighted by molar-refractivity contribution is -0.136. The van der Waals surface area contributed by atoms with Crippen molar-refractivity contribution in [3.05, 3.63) is 70.4 Å². The van der Waals surface area contributed by atoms with Gasteiger partial charge in [0.2, 0.25) is 6.79 Å². The number of carbonyl (C=O) groups is 3. The minimum atomic E-state index is -0.617. The molecular weight excluding hydrogens is 414 g/mol. The van der Waals surface area contributed by atoms with Gasteiger partial charge in [0.1, 0.15) is 0 Å². The monoisotopic (exact) mass is 435 g/mol. The summed E-state index contributed by atoms with van der Waals surface area (Å²) in [5.74, 6) is -0.264. The standard InChI is InChI=1S/C24H21NO7/c1-4-30-23(27)16-6-8-17(9-7-16)25-14(2)21(24(28)29-3)18(22(25)26)11-15-5-10-19-20(12-15)32-13-31-19/h5-12H,4,13H2,1-3H3/b18-11-. The number of methoxy groups -OCH3 is 1. The number of anilines is 1. The van der Waals surface area contributed by atoms with Gasteiger partial charge in [-0.05, 0) is 61.9 Å². The Kier molecular flexibility index (Phi) is 5.68. The molecule has 8 heteroatoms. The lowest BCUT2D eigenvalue weighted by Gasteiger charge is -2.18. The Morgan fingerprint density at radius 1 is 1.06 bits per heavy atom. The average Bonchev–Trinajstić information content (AvgIpc) is 3.35. The van der Waals surface area contributed by atoms with E-state index in [1.807, 2.05) is 0 Å². The number of carbonyl (C=O) groups excluding carboxylic acids is 3. The first kappa shape index (κ1) is 21.2. The number of nitrogens with zero attached hydrogens (tertiary/aromatic N) is 1. The van der Waals surface area contributed by atoms with E-state index >= 15 is 0 Å². The molecule has 0 fully saturated rings. The molecular formula is C24H21NO7. The Labute approximate surface area is 184 Å². The highest BCUT2D eigenvalue weighted by Crippen LogP contribution is 2.37. The van der Waals surface area contributed by atoms with Crippen LogP contribution < -0.4 is 14.4 Å². The normalized spacial score (nSPS) is 16.0. The molecule has 1 amide bonds. The molecule has 0 atom stereocenters. The Morgan fingerprint density at radius 3 is 2.47 bits per heavy atom. The quantitative estimate of drug-likeness (QED) is 0.525. The molecule has 0 N–H and O–H groups in total. The van der Waals surface area contributed by atoms with Gasteiger partial charge in [0.05, 0.1) is 30.4 Å². The van der Waals surface area contributed by atoms with Crippen molar-refractivity contribution in [1.29, 1.82) is 0 Å². The second kappa shape index (κ2) is 8.58. The second-order valence-electron chi connectivity index (χ2n) is 7.03. The first-order chi connectivity index (χ1) is 15.4. The van der Waals surface area contributed by atoms with E-state index in [-0.39, 0.29) is 30.5 Å². The van der Waals surface area contributed by atoms with Crippen LogP contribution in [0.1, 0.15) is 29.8 Å². The number of rotatable bonds is 5. The molecule has 0 radical (unpaired) electrons. The highest BCUT2D eigenvalue weighted by atomic mass is 16.7. The van der Waals surface area contributed by atoms with Crippen LogP contribution in [0.2, 0.25) is 0 Å². The topological polar surface area (TPSA) is 91.4 Å². The van der Waals surface area contributed by atoms with Crippen LogP contribution in [-0.4, -0.2) is 38.4 Å². The molecule has 0 unspecified atom stereocenters.